The molecule has 44 heavy (non-hydrogen) atoms. The number of primary amides is 1. The van der Waals surface area contributed by atoms with Crippen LogP contribution in [0.3, 0.4) is 0 Å². The maximum absolute atomic E-state index is 14.2. The average molecular weight is 610 g/mol. The van der Waals surface area contributed by atoms with Gasteiger partial charge in [-0.05, 0) is 75.7 Å². The molecule has 1 aromatic rings. The number of ketones is 4. The number of carbonyl (C=O) groups is 6. The molecule has 1 aliphatic heterocycles. The fourth-order valence-corrected chi connectivity index (χ4v) is 8.29. The molecule has 13 nitrogen and oxygen atoms in total. The van der Waals surface area contributed by atoms with Crippen molar-refractivity contribution in [1.82, 2.24) is 9.80 Å². The molecule has 0 aromatic heterocycles. The van der Waals surface area contributed by atoms with Crippen LogP contribution < -0.4 is 16.0 Å². The molecule has 1 saturated heterocycles. The number of benzene rings is 1. The molecule has 0 bridgehead atoms. The van der Waals surface area contributed by atoms with Crippen molar-refractivity contribution in [3.63, 3.8) is 0 Å². The summed E-state index contributed by atoms with van der Waals surface area (Å²) in [5.41, 5.74) is 3.81. The van der Waals surface area contributed by atoms with Gasteiger partial charge in [0.2, 0.25) is 11.8 Å². The van der Waals surface area contributed by atoms with E-state index in [1.807, 2.05) is 0 Å². The maximum Gasteiger partial charge on any atom is 0.238 e. The van der Waals surface area contributed by atoms with Gasteiger partial charge in [0.15, 0.2) is 34.7 Å². The molecule has 6 rings (SSSR count). The van der Waals surface area contributed by atoms with Crippen molar-refractivity contribution in [2.24, 2.45) is 34.8 Å². The van der Waals surface area contributed by atoms with Crippen LogP contribution in [-0.2, 0) is 30.4 Å². The summed E-state index contributed by atoms with van der Waals surface area (Å²) in [5, 5.41) is 25.9. The maximum atomic E-state index is 14.2. The van der Waals surface area contributed by atoms with E-state index in [4.69, 9.17) is 5.73 Å². The lowest BCUT2D eigenvalue weighted by molar-refractivity contribution is -0.181. The number of anilines is 2. The average Bonchev–Trinajstić information content (AvgIpc) is 3.57. The number of nitrogens with two attached hydrogens (primary N) is 1. The topological polar surface area (TPSA) is 191 Å². The lowest BCUT2D eigenvalue weighted by atomic mass is 9.52. The normalized spacial score (nSPS) is 32.4. The summed E-state index contributed by atoms with van der Waals surface area (Å²) in [4.78, 5) is 85.5. The number of amides is 2. The highest BCUT2D eigenvalue weighted by Crippen LogP contribution is 2.54. The third-order valence-corrected chi connectivity index (χ3v) is 10.6. The quantitative estimate of drug-likeness (QED) is 0.237. The van der Waals surface area contributed by atoms with E-state index >= 15 is 0 Å². The molecule has 0 radical (unpaired) electrons. The van der Waals surface area contributed by atoms with Crippen molar-refractivity contribution >= 4 is 46.3 Å². The first-order chi connectivity index (χ1) is 20.6. The Morgan fingerprint density at radius 2 is 1.77 bits per heavy atom. The van der Waals surface area contributed by atoms with E-state index < -0.39 is 70.1 Å². The van der Waals surface area contributed by atoms with Crippen molar-refractivity contribution in [2.45, 2.75) is 43.7 Å². The van der Waals surface area contributed by atoms with Crippen molar-refractivity contribution < 1.29 is 39.0 Å². The number of aliphatic hydroxyl groups is 1. The number of phenolic OH excluding ortho intramolecular Hbond substituents is 1. The zero-order chi connectivity index (χ0) is 32.0. The number of hydrogen-bond donors (Lipinski definition) is 4. The molecule has 2 amide bonds. The number of hydrogen-bond acceptors (Lipinski definition) is 11. The Morgan fingerprint density at radius 3 is 2.34 bits per heavy atom. The van der Waals surface area contributed by atoms with E-state index in [9.17, 15) is 39.0 Å². The molecular weight excluding hydrogens is 570 g/mol. The van der Waals surface area contributed by atoms with Gasteiger partial charge in [-0.3, -0.25) is 38.6 Å². The molecule has 13 heteroatoms. The molecule has 6 atom stereocenters. The van der Waals surface area contributed by atoms with Crippen LogP contribution in [0.1, 0.15) is 41.6 Å². The molecule has 2 unspecified atom stereocenters. The van der Waals surface area contributed by atoms with Gasteiger partial charge in [0.25, 0.3) is 0 Å². The van der Waals surface area contributed by atoms with E-state index in [2.05, 4.69) is 10.2 Å². The molecule has 1 heterocycles. The minimum Gasteiger partial charge on any atom is -0.505 e. The predicted molar refractivity (Wildman–Crippen MR) is 157 cm³/mol. The van der Waals surface area contributed by atoms with Crippen molar-refractivity contribution in [3.05, 3.63) is 17.2 Å². The fourth-order valence-electron chi connectivity index (χ4n) is 8.29. The van der Waals surface area contributed by atoms with Crippen LogP contribution >= 0.6 is 0 Å². The molecule has 1 aromatic carbocycles. The highest BCUT2D eigenvalue weighted by atomic mass is 16.3. The van der Waals surface area contributed by atoms with E-state index in [1.165, 1.54) is 17.7 Å². The summed E-state index contributed by atoms with van der Waals surface area (Å²) in [6.07, 6.45) is 3.50. The largest absolute Gasteiger partial charge is 0.505 e. The van der Waals surface area contributed by atoms with Crippen LogP contribution in [0, 0.1) is 29.1 Å². The van der Waals surface area contributed by atoms with E-state index in [0.717, 1.165) is 19.5 Å². The minimum absolute atomic E-state index is 0.0187. The third kappa shape index (κ3) is 4.39. The Morgan fingerprint density at radius 1 is 1.09 bits per heavy atom. The number of rotatable bonds is 6. The number of aromatic hydroxyl groups is 1. The van der Waals surface area contributed by atoms with Crippen molar-refractivity contribution in [3.8, 4) is 5.75 Å². The Balaban J connectivity index is 1.36. The zero-order valence-electron chi connectivity index (χ0n) is 25.4. The van der Waals surface area contributed by atoms with E-state index in [0.29, 0.717) is 16.7 Å². The Hall–Kier alpha value is -3.68. The smallest absolute Gasteiger partial charge is 0.238 e. The van der Waals surface area contributed by atoms with Gasteiger partial charge < -0.3 is 26.2 Å². The van der Waals surface area contributed by atoms with Crippen molar-refractivity contribution in [2.75, 3.05) is 58.0 Å². The van der Waals surface area contributed by atoms with Gasteiger partial charge >= 0.3 is 0 Å². The predicted octanol–water partition coefficient (Wildman–Crippen LogP) is -0.643. The summed E-state index contributed by atoms with van der Waals surface area (Å²) < 4.78 is 0. The van der Waals surface area contributed by atoms with Gasteiger partial charge in [0.1, 0.15) is 5.75 Å². The highest BCUT2D eigenvalue weighted by molar-refractivity contribution is 6.32. The number of phenols is 1. The third-order valence-electron chi connectivity index (χ3n) is 10.6. The summed E-state index contributed by atoms with van der Waals surface area (Å²) in [7, 11) is 6.59. The molecular formula is C31H39N5O8. The number of fused-ring (bicyclic) bond motifs is 3. The van der Waals surface area contributed by atoms with Crippen LogP contribution in [0.5, 0.6) is 5.75 Å². The van der Waals surface area contributed by atoms with Gasteiger partial charge in [0.05, 0.1) is 29.8 Å². The van der Waals surface area contributed by atoms with Gasteiger partial charge in [-0.1, -0.05) is 0 Å². The van der Waals surface area contributed by atoms with Crippen molar-refractivity contribution in [1.29, 1.82) is 0 Å². The number of carbonyl (C=O) groups excluding carboxylic acids is 6. The second kappa shape index (κ2) is 10.2. The van der Waals surface area contributed by atoms with E-state index in [1.54, 1.807) is 39.2 Å². The molecule has 1 spiro atoms. The summed E-state index contributed by atoms with van der Waals surface area (Å²) in [6.45, 7) is 1.80. The van der Waals surface area contributed by atoms with Gasteiger partial charge in [0, 0.05) is 32.2 Å². The first-order valence-corrected chi connectivity index (χ1v) is 15.0. The lowest BCUT2D eigenvalue weighted by Crippen LogP contribution is -2.74. The zero-order valence-corrected chi connectivity index (χ0v) is 25.4. The van der Waals surface area contributed by atoms with Gasteiger partial charge in [-0.15, -0.1) is 0 Å². The van der Waals surface area contributed by atoms with Gasteiger partial charge in [-0.2, -0.15) is 0 Å². The summed E-state index contributed by atoms with van der Waals surface area (Å²) >= 11 is 0. The molecule has 4 fully saturated rings. The van der Waals surface area contributed by atoms with Crippen LogP contribution in [-0.4, -0.2) is 114 Å². The molecule has 3 saturated carbocycles. The number of Topliss-reactive ketones (excluding diaryl/α,β-unsaturated/α-hetero) is 4. The second-order valence-corrected chi connectivity index (χ2v) is 13.8. The van der Waals surface area contributed by atoms with E-state index in [-0.39, 0.29) is 36.5 Å². The lowest BCUT2D eigenvalue weighted by Gasteiger charge is -2.52. The number of likely N-dealkylation sites (N-methyl/N-ethyl adjacent to an activating group) is 1. The van der Waals surface area contributed by atoms with Crippen LogP contribution in [0.2, 0.25) is 0 Å². The fraction of sp³-hybridized carbons (Fsp3) is 0.613. The van der Waals surface area contributed by atoms with Gasteiger partial charge in [-0.25, -0.2) is 0 Å². The number of nitrogens with one attached hydrogen (secondary N) is 1. The Kier molecular flexibility index (Phi) is 7.02. The summed E-state index contributed by atoms with van der Waals surface area (Å²) in [5.74, 6) is -11.5. The highest BCUT2D eigenvalue weighted by Gasteiger charge is 2.69. The summed E-state index contributed by atoms with van der Waals surface area (Å²) in [6, 6.07) is 0.433. The first kappa shape index (κ1) is 30.4. The molecule has 5 N–H and O–H groups in total. The molecule has 5 aliphatic rings. The monoisotopic (exact) mass is 609 g/mol. The second-order valence-electron chi connectivity index (χ2n) is 13.8. The first-order valence-electron chi connectivity index (χ1n) is 15.0. The standard InChI is InChI=1S/C31H39N5O8/c1-34(2)18-11-17(33-19(37)12-36-8-7-30(13-36)5-6-30)24(38)21-15(18)9-14-10-16-23(35(3)4)26(40)22(29(32)43)28(42)31(16,44)27(41)20(14)25(21)39/h11,14,16,20,22-23,38,44H,5-10,12-13H2,1-4H3,(H2,32,43)(H,33,37)/t14-,16-,20?,22?,23-,31-/m0/s1. The number of nitrogens with zero attached hydrogens (tertiary/aromatic N) is 3. The molecule has 4 aliphatic carbocycles. The van der Waals surface area contributed by atoms with Crippen LogP contribution in [0.4, 0.5) is 11.4 Å². The SMILES string of the molecule is CN(C)c1cc(NC(=O)CN2CCC3(CC3)C2)c(O)c2c1C[C@H]1C[C@H]3[C@H](N(C)C)C(=O)C(C(N)=O)C(=O)[C@@]3(O)C(=O)C1C2=O. The Labute approximate surface area is 254 Å². The number of likely N-dealkylation sites (tertiary alicyclic amines) is 1. The molecule has 236 valence electrons. The van der Waals surface area contributed by atoms with Crippen LogP contribution in [0.25, 0.3) is 0 Å². The Bertz CT molecular complexity index is 1520. The van der Waals surface area contributed by atoms with Crippen LogP contribution in [0.15, 0.2) is 6.07 Å². The minimum atomic E-state index is -2.79.